The molecule has 0 rings (SSSR count). The van der Waals surface area contributed by atoms with Crippen molar-refractivity contribution in [1.29, 1.82) is 0 Å². The quantitative estimate of drug-likeness (QED) is 0.661. The van der Waals surface area contributed by atoms with Crippen LogP contribution < -0.4 is 0 Å². The standard InChI is InChI=1S/C3H2Cl3F3O/c4-2(5,8)3(6,9)10-1-7/h1H2. The normalized spacial score (nSPS) is 18.6. The van der Waals surface area contributed by atoms with E-state index in [2.05, 4.69) is 39.5 Å². The van der Waals surface area contributed by atoms with Gasteiger partial charge in [0.25, 0.3) is 0 Å². The van der Waals surface area contributed by atoms with Crippen LogP contribution in [-0.2, 0) is 4.74 Å². The Bertz CT molecular complexity index is 112. The molecule has 0 aromatic carbocycles. The summed E-state index contributed by atoms with van der Waals surface area (Å²) < 4.78 is 35.5. The van der Waals surface area contributed by atoms with Crippen molar-refractivity contribution in [3.05, 3.63) is 0 Å². The fourth-order valence-electron chi connectivity index (χ4n) is 0.150. The summed E-state index contributed by atoms with van der Waals surface area (Å²) in [6.07, 6.45) is 0. The van der Waals surface area contributed by atoms with Crippen molar-refractivity contribution in [1.82, 2.24) is 0 Å². The van der Waals surface area contributed by atoms with E-state index >= 15 is 0 Å². The van der Waals surface area contributed by atoms with Crippen LogP contribution in [0.1, 0.15) is 0 Å². The molecule has 0 heterocycles. The van der Waals surface area contributed by atoms with E-state index in [4.69, 9.17) is 0 Å². The van der Waals surface area contributed by atoms with Gasteiger partial charge in [0.1, 0.15) is 0 Å². The summed E-state index contributed by atoms with van der Waals surface area (Å²) in [4.78, 5) is 0. The van der Waals surface area contributed by atoms with Crippen LogP contribution >= 0.6 is 34.8 Å². The third kappa shape index (κ3) is 2.70. The van der Waals surface area contributed by atoms with Crippen LogP contribution in [0.2, 0.25) is 0 Å². The highest BCUT2D eigenvalue weighted by Gasteiger charge is 2.52. The van der Waals surface area contributed by atoms with Crippen LogP contribution in [0.4, 0.5) is 13.2 Å². The van der Waals surface area contributed by atoms with Gasteiger partial charge in [0.15, 0.2) is 6.86 Å². The molecule has 0 saturated carbocycles. The van der Waals surface area contributed by atoms with E-state index in [1.807, 2.05) is 0 Å². The van der Waals surface area contributed by atoms with Gasteiger partial charge in [-0.05, 0) is 11.6 Å². The van der Waals surface area contributed by atoms with E-state index in [0.29, 0.717) is 0 Å². The molecule has 0 spiro atoms. The van der Waals surface area contributed by atoms with Gasteiger partial charge in [0, 0.05) is 0 Å². The summed E-state index contributed by atoms with van der Waals surface area (Å²) in [6.45, 7) is -1.62. The van der Waals surface area contributed by atoms with Gasteiger partial charge in [-0.2, -0.15) is 8.78 Å². The van der Waals surface area contributed by atoms with Crippen LogP contribution in [-0.4, -0.2) is 16.8 Å². The Hall–Kier alpha value is 0.620. The molecule has 0 aromatic heterocycles. The summed E-state index contributed by atoms with van der Waals surface area (Å²) in [5, 5.41) is -3.55. The van der Waals surface area contributed by atoms with Crippen molar-refractivity contribution in [2.24, 2.45) is 0 Å². The zero-order valence-corrected chi connectivity index (χ0v) is 6.65. The Morgan fingerprint density at radius 2 is 1.60 bits per heavy atom. The summed E-state index contributed by atoms with van der Waals surface area (Å²) >= 11 is 13.6. The van der Waals surface area contributed by atoms with Gasteiger partial charge in [-0.15, -0.1) is 0 Å². The summed E-state index contributed by atoms with van der Waals surface area (Å²) in [7, 11) is 0. The maximum atomic E-state index is 12.3. The van der Waals surface area contributed by atoms with Gasteiger partial charge in [-0.3, -0.25) is 4.74 Å². The molecule has 1 unspecified atom stereocenters. The molecule has 0 aliphatic rings. The number of hydrogen-bond donors (Lipinski definition) is 0. The largest absolute Gasteiger partial charge is 0.352 e. The van der Waals surface area contributed by atoms with E-state index in [1.54, 1.807) is 0 Å². The van der Waals surface area contributed by atoms with Crippen LogP contribution in [0, 0.1) is 0 Å². The molecule has 0 N–H and O–H groups in total. The minimum Gasteiger partial charge on any atom is -0.297 e. The molecule has 7 heteroatoms. The zero-order chi connectivity index (χ0) is 8.41. The Balaban J connectivity index is 4.10. The Morgan fingerprint density at radius 3 is 1.70 bits per heavy atom. The number of halogens is 6. The predicted octanol–water partition coefficient (Wildman–Crippen LogP) is 2.89. The van der Waals surface area contributed by atoms with Crippen molar-refractivity contribution in [3.8, 4) is 0 Å². The van der Waals surface area contributed by atoms with Crippen LogP contribution in [0.3, 0.4) is 0 Å². The monoisotopic (exact) mass is 216 g/mol. The second-order valence-corrected chi connectivity index (χ2v) is 2.99. The minimum atomic E-state index is -3.55. The van der Waals surface area contributed by atoms with Gasteiger partial charge in [-0.25, -0.2) is 4.39 Å². The van der Waals surface area contributed by atoms with Gasteiger partial charge >= 0.3 is 9.90 Å². The third-order valence-electron chi connectivity index (χ3n) is 0.566. The lowest BCUT2D eigenvalue weighted by Gasteiger charge is -2.21. The molecular weight excluding hydrogens is 215 g/mol. The molecule has 0 amide bonds. The molecule has 62 valence electrons. The number of hydrogen-bond acceptors (Lipinski definition) is 1. The molecule has 0 aliphatic carbocycles. The highest BCUT2D eigenvalue weighted by molar-refractivity contribution is 6.51. The fourth-order valence-corrected chi connectivity index (χ4v) is 0.301. The Kier molecular flexibility index (Phi) is 3.55. The van der Waals surface area contributed by atoms with Crippen LogP contribution in [0.15, 0.2) is 0 Å². The van der Waals surface area contributed by atoms with E-state index in [1.165, 1.54) is 0 Å². The SMILES string of the molecule is FCOC(F)(Cl)C(F)(Cl)Cl. The number of alkyl halides is 6. The first-order chi connectivity index (χ1) is 4.31. The lowest BCUT2D eigenvalue weighted by Crippen LogP contribution is -2.35. The topological polar surface area (TPSA) is 9.23 Å². The third-order valence-corrected chi connectivity index (χ3v) is 1.61. The number of ether oxygens (including phenoxy) is 1. The van der Waals surface area contributed by atoms with Crippen LogP contribution in [0.25, 0.3) is 0 Å². The molecule has 0 fully saturated rings. The average Bonchev–Trinajstić information content (AvgIpc) is 1.61. The minimum absolute atomic E-state index is 1.62. The van der Waals surface area contributed by atoms with Crippen LogP contribution in [0.5, 0.6) is 0 Å². The van der Waals surface area contributed by atoms with E-state index in [9.17, 15) is 13.2 Å². The number of rotatable bonds is 3. The first-order valence-corrected chi connectivity index (χ1v) is 3.09. The molecule has 0 saturated heterocycles. The van der Waals surface area contributed by atoms with Gasteiger partial charge in [-0.1, -0.05) is 23.2 Å². The zero-order valence-electron chi connectivity index (χ0n) is 4.38. The average molecular weight is 217 g/mol. The second-order valence-electron chi connectivity index (χ2n) is 1.27. The van der Waals surface area contributed by atoms with E-state index in [0.717, 1.165) is 0 Å². The Morgan fingerprint density at radius 1 is 1.20 bits per heavy atom. The van der Waals surface area contributed by atoms with Crippen molar-refractivity contribution >= 4 is 34.8 Å². The second kappa shape index (κ2) is 3.34. The molecule has 10 heavy (non-hydrogen) atoms. The first kappa shape index (κ1) is 10.6. The predicted molar refractivity (Wildman–Crippen MR) is 32.3 cm³/mol. The molecule has 0 radical (unpaired) electrons. The molecule has 0 aliphatic heterocycles. The highest BCUT2D eigenvalue weighted by Crippen LogP contribution is 2.42. The van der Waals surface area contributed by atoms with Gasteiger partial charge < -0.3 is 0 Å². The molecule has 0 aromatic rings. The van der Waals surface area contributed by atoms with Crippen molar-refractivity contribution < 1.29 is 17.9 Å². The maximum absolute atomic E-state index is 12.3. The molecular formula is C3H2Cl3F3O. The maximum Gasteiger partial charge on any atom is 0.352 e. The lowest BCUT2D eigenvalue weighted by atomic mass is 10.7. The fraction of sp³-hybridized carbons (Fsp3) is 1.00. The molecule has 0 bridgehead atoms. The summed E-state index contributed by atoms with van der Waals surface area (Å²) in [5.41, 5.74) is 0. The van der Waals surface area contributed by atoms with Crippen molar-refractivity contribution in [2.75, 3.05) is 6.86 Å². The van der Waals surface area contributed by atoms with Crippen molar-refractivity contribution in [3.63, 3.8) is 0 Å². The smallest absolute Gasteiger partial charge is 0.297 e. The Labute approximate surface area is 70.0 Å². The first-order valence-electron chi connectivity index (χ1n) is 1.95. The van der Waals surface area contributed by atoms with E-state index < -0.39 is 16.8 Å². The summed E-state index contributed by atoms with van der Waals surface area (Å²) in [6, 6.07) is 0. The molecule has 1 atom stereocenters. The van der Waals surface area contributed by atoms with Crippen molar-refractivity contribution in [2.45, 2.75) is 9.90 Å². The van der Waals surface area contributed by atoms with E-state index in [-0.39, 0.29) is 0 Å². The molecule has 1 nitrogen and oxygen atoms in total. The van der Waals surface area contributed by atoms with Gasteiger partial charge in [0.05, 0.1) is 0 Å². The van der Waals surface area contributed by atoms with Gasteiger partial charge in [0.2, 0.25) is 0 Å². The lowest BCUT2D eigenvalue weighted by molar-refractivity contribution is -0.141. The highest BCUT2D eigenvalue weighted by atomic mass is 35.5. The summed E-state index contributed by atoms with van der Waals surface area (Å²) in [5.74, 6) is 0.